The maximum absolute atomic E-state index is 13.2. The molecule has 6 heteroatoms. The van der Waals surface area contributed by atoms with Gasteiger partial charge in [-0.25, -0.2) is 4.68 Å². The minimum atomic E-state index is -0.0882. The quantitative estimate of drug-likeness (QED) is 0.361. The van der Waals surface area contributed by atoms with Gasteiger partial charge in [-0.3, -0.25) is 9.78 Å². The van der Waals surface area contributed by atoms with Crippen LogP contribution in [0, 0.1) is 0 Å². The van der Waals surface area contributed by atoms with Crippen LogP contribution in [0.4, 0.5) is 0 Å². The van der Waals surface area contributed by atoms with Crippen LogP contribution in [-0.2, 0) is 6.54 Å². The van der Waals surface area contributed by atoms with E-state index in [-0.39, 0.29) is 11.9 Å². The van der Waals surface area contributed by atoms with Crippen LogP contribution < -0.4 is 5.32 Å². The standard InChI is InChI=1S/C28H25N5O/c1-2-26(20-8-4-3-5-9-20)30-28(34)25-11-7-6-10-24(25)18-33-19-27(31-32-33)22-12-13-23-17-29-15-14-21(23)16-22/h3-17,19,26H,2,18H2,1H3,(H,30,34). The van der Waals surface area contributed by atoms with Crippen LogP contribution in [0.1, 0.15) is 40.9 Å². The molecule has 0 aliphatic carbocycles. The number of benzene rings is 3. The number of rotatable bonds is 7. The van der Waals surface area contributed by atoms with Crippen molar-refractivity contribution in [2.24, 2.45) is 0 Å². The SMILES string of the molecule is CCC(NC(=O)c1ccccc1Cn1cc(-c2ccc3cnccc3c2)nn1)c1ccccc1. The Balaban J connectivity index is 1.36. The van der Waals surface area contributed by atoms with Crippen LogP contribution in [0.2, 0.25) is 0 Å². The smallest absolute Gasteiger partial charge is 0.252 e. The van der Waals surface area contributed by atoms with E-state index in [0.29, 0.717) is 12.1 Å². The molecule has 0 spiro atoms. The number of nitrogens with zero attached hydrogens (tertiary/aromatic N) is 4. The van der Waals surface area contributed by atoms with Crippen LogP contribution in [0.3, 0.4) is 0 Å². The lowest BCUT2D eigenvalue weighted by molar-refractivity contribution is 0.0934. The van der Waals surface area contributed by atoms with Crippen molar-refractivity contribution < 1.29 is 4.79 Å². The molecule has 0 fully saturated rings. The van der Waals surface area contributed by atoms with Gasteiger partial charge in [0.1, 0.15) is 5.69 Å². The van der Waals surface area contributed by atoms with Crippen molar-refractivity contribution in [1.29, 1.82) is 0 Å². The zero-order chi connectivity index (χ0) is 23.3. The molecule has 1 unspecified atom stereocenters. The molecule has 0 radical (unpaired) electrons. The molecule has 0 bridgehead atoms. The third kappa shape index (κ3) is 4.57. The lowest BCUT2D eigenvalue weighted by Gasteiger charge is -2.18. The predicted molar refractivity (Wildman–Crippen MR) is 133 cm³/mol. The molecule has 5 rings (SSSR count). The first-order chi connectivity index (χ1) is 16.7. The fourth-order valence-corrected chi connectivity index (χ4v) is 4.15. The van der Waals surface area contributed by atoms with E-state index in [4.69, 9.17) is 0 Å². The van der Waals surface area contributed by atoms with Gasteiger partial charge >= 0.3 is 0 Å². The van der Waals surface area contributed by atoms with Crippen LogP contribution in [0.15, 0.2) is 97.5 Å². The first-order valence-electron chi connectivity index (χ1n) is 11.4. The van der Waals surface area contributed by atoms with E-state index in [1.807, 2.05) is 85.2 Å². The molecule has 34 heavy (non-hydrogen) atoms. The lowest BCUT2D eigenvalue weighted by Crippen LogP contribution is -2.29. The van der Waals surface area contributed by atoms with E-state index in [9.17, 15) is 4.79 Å². The molecule has 2 aromatic heterocycles. The first kappa shape index (κ1) is 21.5. The Morgan fingerprint density at radius 3 is 2.65 bits per heavy atom. The monoisotopic (exact) mass is 447 g/mol. The average molecular weight is 448 g/mol. The van der Waals surface area contributed by atoms with E-state index in [1.165, 1.54) is 0 Å². The topological polar surface area (TPSA) is 72.7 Å². The maximum Gasteiger partial charge on any atom is 0.252 e. The van der Waals surface area contributed by atoms with Crippen molar-refractivity contribution in [3.63, 3.8) is 0 Å². The highest BCUT2D eigenvalue weighted by atomic mass is 16.1. The van der Waals surface area contributed by atoms with Crippen LogP contribution in [0.5, 0.6) is 0 Å². The largest absolute Gasteiger partial charge is 0.345 e. The Kier molecular flexibility index (Phi) is 6.12. The maximum atomic E-state index is 13.2. The Bertz CT molecular complexity index is 1430. The number of carbonyl (C=O) groups excluding carboxylic acids is 1. The highest BCUT2D eigenvalue weighted by Crippen LogP contribution is 2.23. The summed E-state index contributed by atoms with van der Waals surface area (Å²) in [5, 5.41) is 14.0. The molecule has 0 saturated heterocycles. The molecule has 0 aliphatic rings. The summed E-state index contributed by atoms with van der Waals surface area (Å²) in [5.74, 6) is -0.0882. The summed E-state index contributed by atoms with van der Waals surface area (Å²) >= 11 is 0. The molecule has 5 aromatic rings. The summed E-state index contributed by atoms with van der Waals surface area (Å²) in [6.45, 7) is 2.53. The van der Waals surface area contributed by atoms with E-state index in [1.54, 1.807) is 10.9 Å². The number of pyridine rings is 1. The summed E-state index contributed by atoms with van der Waals surface area (Å²) in [4.78, 5) is 17.4. The Labute approximate surface area is 198 Å². The molecule has 3 aromatic carbocycles. The van der Waals surface area contributed by atoms with Gasteiger partial charge in [0.15, 0.2) is 0 Å². The predicted octanol–water partition coefficient (Wildman–Crippen LogP) is 5.42. The van der Waals surface area contributed by atoms with Crippen molar-refractivity contribution in [2.75, 3.05) is 0 Å². The van der Waals surface area contributed by atoms with Crippen LogP contribution >= 0.6 is 0 Å². The van der Waals surface area contributed by atoms with Gasteiger partial charge in [0.2, 0.25) is 0 Å². The summed E-state index contributed by atoms with van der Waals surface area (Å²) < 4.78 is 1.77. The van der Waals surface area contributed by atoms with E-state index >= 15 is 0 Å². The summed E-state index contributed by atoms with van der Waals surface area (Å²) in [7, 11) is 0. The van der Waals surface area contributed by atoms with Crippen molar-refractivity contribution in [3.8, 4) is 11.3 Å². The van der Waals surface area contributed by atoms with Crippen molar-refractivity contribution in [1.82, 2.24) is 25.3 Å². The molecular formula is C28H25N5O. The highest BCUT2D eigenvalue weighted by molar-refractivity contribution is 5.96. The molecule has 1 amide bonds. The van der Waals surface area contributed by atoms with E-state index < -0.39 is 0 Å². The lowest BCUT2D eigenvalue weighted by atomic mass is 10.0. The first-order valence-corrected chi connectivity index (χ1v) is 11.4. The molecule has 0 saturated carbocycles. The number of fused-ring (bicyclic) bond motifs is 1. The van der Waals surface area contributed by atoms with Gasteiger partial charge in [0, 0.05) is 28.9 Å². The van der Waals surface area contributed by atoms with Gasteiger partial charge in [0.25, 0.3) is 5.91 Å². The fraction of sp³-hybridized carbons (Fsp3) is 0.143. The van der Waals surface area contributed by atoms with Gasteiger partial charge in [-0.1, -0.05) is 72.8 Å². The Hall–Kier alpha value is -4.32. The molecular weight excluding hydrogens is 422 g/mol. The molecule has 168 valence electrons. The third-order valence-electron chi connectivity index (χ3n) is 5.98. The zero-order valence-corrected chi connectivity index (χ0v) is 18.9. The van der Waals surface area contributed by atoms with Crippen LogP contribution in [0.25, 0.3) is 22.0 Å². The van der Waals surface area contributed by atoms with Crippen LogP contribution in [-0.4, -0.2) is 25.9 Å². The number of nitrogens with one attached hydrogen (secondary N) is 1. The number of hydrogen-bond donors (Lipinski definition) is 1. The second-order valence-electron chi connectivity index (χ2n) is 8.24. The van der Waals surface area contributed by atoms with Gasteiger partial charge in [-0.05, 0) is 41.1 Å². The minimum Gasteiger partial charge on any atom is -0.345 e. The summed E-state index contributed by atoms with van der Waals surface area (Å²) in [6.07, 6.45) is 6.35. The zero-order valence-electron chi connectivity index (χ0n) is 18.9. The Morgan fingerprint density at radius 2 is 1.79 bits per heavy atom. The van der Waals surface area contributed by atoms with Gasteiger partial charge in [-0.2, -0.15) is 0 Å². The summed E-state index contributed by atoms with van der Waals surface area (Å²) in [6, 6.07) is 25.8. The van der Waals surface area contributed by atoms with E-state index in [2.05, 4.69) is 33.6 Å². The van der Waals surface area contributed by atoms with Gasteiger partial charge in [-0.15, -0.1) is 5.10 Å². The van der Waals surface area contributed by atoms with Gasteiger partial charge in [0.05, 0.1) is 18.8 Å². The fourth-order valence-electron chi connectivity index (χ4n) is 4.15. The Morgan fingerprint density at radius 1 is 0.971 bits per heavy atom. The van der Waals surface area contributed by atoms with E-state index in [0.717, 1.165) is 39.6 Å². The van der Waals surface area contributed by atoms with Crippen molar-refractivity contribution in [3.05, 3.63) is 114 Å². The molecule has 0 aliphatic heterocycles. The minimum absolute atomic E-state index is 0.0390. The second-order valence-corrected chi connectivity index (χ2v) is 8.24. The number of aromatic nitrogens is 4. The normalized spacial score (nSPS) is 11.9. The highest BCUT2D eigenvalue weighted by Gasteiger charge is 2.17. The number of hydrogen-bond acceptors (Lipinski definition) is 4. The number of amides is 1. The molecule has 1 atom stereocenters. The second kappa shape index (κ2) is 9.67. The third-order valence-corrected chi connectivity index (χ3v) is 5.98. The average Bonchev–Trinajstić information content (AvgIpc) is 3.36. The van der Waals surface area contributed by atoms with Crippen molar-refractivity contribution in [2.45, 2.75) is 25.9 Å². The van der Waals surface area contributed by atoms with Gasteiger partial charge < -0.3 is 5.32 Å². The summed E-state index contributed by atoms with van der Waals surface area (Å²) in [5.41, 5.74) is 4.42. The number of carbonyl (C=O) groups is 1. The molecule has 6 nitrogen and oxygen atoms in total. The van der Waals surface area contributed by atoms with Crippen molar-refractivity contribution >= 4 is 16.7 Å². The molecule has 1 N–H and O–H groups in total. The molecule has 2 heterocycles.